The van der Waals surface area contributed by atoms with E-state index in [1.807, 2.05) is 27.7 Å². The standard InChI is InChI=1S/C14H20N2.C9H14N2.C5H10O.H2/c1-7-13-12(6)16-11(5)9(3)8(2)10(4)14(16)15-13;1-5-6(2)8(4)11-9(10)7(5)3;1-3-5(6)4-2;/h7H2,1-6H3;1-4H3,(H2,10,11);3-4H2,1-2H3;1H/i;;;1+1. The molecule has 0 saturated heterocycles. The van der Waals surface area contributed by atoms with Crippen molar-refractivity contribution in [2.45, 2.75) is 102 Å². The number of rotatable bonds is 3. The second-order valence-corrected chi connectivity index (χ2v) is 8.82. The molecule has 0 atom stereocenters. The van der Waals surface area contributed by atoms with Crippen LogP contribution in [-0.2, 0) is 11.2 Å². The summed E-state index contributed by atoms with van der Waals surface area (Å²) in [6.45, 7) is 25.0. The Morgan fingerprint density at radius 1 is 0.727 bits per heavy atom. The van der Waals surface area contributed by atoms with Gasteiger partial charge >= 0.3 is 0 Å². The quantitative estimate of drug-likeness (QED) is 0.463. The molecule has 0 bridgehead atoms. The van der Waals surface area contributed by atoms with Crippen molar-refractivity contribution >= 4 is 17.2 Å². The van der Waals surface area contributed by atoms with Crippen LogP contribution in [0.15, 0.2) is 0 Å². The summed E-state index contributed by atoms with van der Waals surface area (Å²) in [5.74, 6) is 1.00. The molecule has 5 heteroatoms. The number of imidazole rings is 1. The molecule has 0 fully saturated rings. The maximum absolute atomic E-state index is 10.2. The first kappa shape index (κ1) is 28.3. The van der Waals surface area contributed by atoms with Gasteiger partial charge in [-0.2, -0.15) is 0 Å². The summed E-state index contributed by atoms with van der Waals surface area (Å²) >= 11 is 0. The Labute approximate surface area is 202 Å². The maximum Gasteiger partial charge on any atom is 0.140 e. The number of pyridine rings is 2. The van der Waals surface area contributed by atoms with Crippen molar-refractivity contribution in [3.8, 4) is 0 Å². The molecule has 0 radical (unpaired) electrons. The van der Waals surface area contributed by atoms with Crippen LogP contribution in [0.1, 0.15) is 91.2 Å². The number of hydrogen-bond donors (Lipinski definition) is 1. The van der Waals surface area contributed by atoms with E-state index < -0.39 is 0 Å². The fourth-order valence-corrected chi connectivity index (χ4v) is 3.77. The maximum atomic E-state index is 10.2. The molecule has 3 rings (SSSR count). The van der Waals surface area contributed by atoms with Crippen molar-refractivity contribution in [1.82, 2.24) is 14.4 Å². The molecule has 0 amide bonds. The van der Waals surface area contributed by atoms with Crippen LogP contribution < -0.4 is 5.73 Å². The van der Waals surface area contributed by atoms with Gasteiger partial charge < -0.3 is 10.1 Å². The smallest absolute Gasteiger partial charge is 0.140 e. The molecule has 0 aliphatic rings. The summed E-state index contributed by atoms with van der Waals surface area (Å²) in [5, 5.41) is 0. The molecule has 0 saturated carbocycles. The minimum absolute atomic E-state index is 0. The Hall–Kier alpha value is -2.69. The van der Waals surface area contributed by atoms with Crippen LogP contribution in [0.2, 0.25) is 0 Å². The summed E-state index contributed by atoms with van der Waals surface area (Å²) in [6.07, 6.45) is 2.39. The zero-order chi connectivity index (χ0) is 25.6. The van der Waals surface area contributed by atoms with E-state index in [0.29, 0.717) is 24.4 Å². The van der Waals surface area contributed by atoms with Crippen molar-refractivity contribution in [3.05, 3.63) is 56.2 Å². The molecule has 0 aromatic carbocycles. The number of ketones is 1. The zero-order valence-corrected chi connectivity index (χ0v) is 22.9. The normalized spacial score (nSPS) is 10.4. The second kappa shape index (κ2) is 12.0. The Morgan fingerprint density at radius 2 is 1.24 bits per heavy atom. The lowest BCUT2D eigenvalue weighted by molar-refractivity contribution is -0.118. The van der Waals surface area contributed by atoms with Crippen molar-refractivity contribution in [2.75, 3.05) is 5.73 Å². The van der Waals surface area contributed by atoms with E-state index in [9.17, 15) is 4.79 Å². The SMILES string of the molecule is CCC(=O)CC.CCc1nc2c(C)c(C)c(C)c(C)n2c1C.Cc1nc(N)c(C)c(C)c1C.[2HH]. The Bertz CT molecular complexity index is 1110. The fourth-order valence-electron chi connectivity index (χ4n) is 3.77. The van der Waals surface area contributed by atoms with Gasteiger partial charge in [0.2, 0.25) is 0 Å². The molecule has 0 unspecified atom stereocenters. The molecule has 3 heterocycles. The first-order valence-electron chi connectivity index (χ1n) is 12.0. The summed E-state index contributed by atoms with van der Waals surface area (Å²) in [6, 6.07) is 0. The third-order valence-electron chi connectivity index (χ3n) is 7.01. The van der Waals surface area contributed by atoms with E-state index in [1.54, 1.807) is 0 Å². The monoisotopic (exact) mass is 455 g/mol. The van der Waals surface area contributed by atoms with Gasteiger partial charge in [-0.1, -0.05) is 20.8 Å². The van der Waals surface area contributed by atoms with E-state index >= 15 is 0 Å². The highest BCUT2D eigenvalue weighted by Crippen LogP contribution is 2.24. The number of carbonyl (C=O) groups is 1. The second-order valence-electron chi connectivity index (χ2n) is 8.82. The number of carbonyl (C=O) groups excluding carboxylic acids is 1. The van der Waals surface area contributed by atoms with Gasteiger partial charge in [0.1, 0.15) is 17.2 Å². The predicted molar refractivity (Wildman–Crippen MR) is 144 cm³/mol. The van der Waals surface area contributed by atoms with Crippen LogP contribution in [0.3, 0.4) is 0 Å². The molecule has 0 aliphatic heterocycles. The van der Waals surface area contributed by atoms with Crippen LogP contribution in [0, 0.1) is 62.3 Å². The van der Waals surface area contributed by atoms with Gasteiger partial charge in [0.05, 0.1) is 5.69 Å². The first-order valence-corrected chi connectivity index (χ1v) is 12.0. The molecule has 0 aliphatic carbocycles. The molecule has 5 nitrogen and oxygen atoms in total. The molecule has 33 heavy (non-hydrogen) atoms. The number of aryl methyl sites for hydroxylation is 5. The Kier molecular flexibility index (Phi) is 10.3. The summed E-state index contributed by atoms with van der Waals surface area (Å²) in [5.41, 5.74) is 19.4. The zero-order valence-electron chi connectivity index (χ0n) is 22.9. The Balaban J connectivity index is 0.000000528. The largest absolute Gasteiger partial charge is 0.383 e. The van der Waals surface area contributed by atoms with Gasteiger partial charge in [0.15, 0.2) is 0 Å². The number of anilines is 1. The molecule has 3 aromatic rings. The van der Waals surface area contributed by atoms with Crippen molar-refractivity contribution in [3.63, 3.8) is 0 Å². The molecule has 0 spiro atoms. The number of nitrogens with two attached hydrogens (primary N) is 1. The van der Waals surface area contributed by atoms with E-state index in [4.69, 9.17) is 10.7 Å². The average molecular weight is 456 g/mol. The predicted octanol–water partition coefficient (Wildman–Crippen LogP) is 6.96. The Morgan fingerprint density at radius 3 is 1.70 bits per heavy atom. The van der Waals surface area contributed by atoms with Crippen molar-refractivity contribution < 1.29 is 6.22 Å². The van der Waals surface area contributed by atoms with Crippen LogP contribution in [0.5, 0.6) is 0 Å². The van der Waals surface area contributed by atoms with E-state index in [-0.39, 0.29) is 1.43 Å². The first-order chi connectivity index (χ1) is 15.3. The lowest BCUT2D eigenvalue weighted by Gasteiger charge is -2.12. The van der Waals surface area contributed by atoms with Crippen LogP contribution >= 0.6 is 0 Å². The lowest BCUT2D eigenvalue weighted by atomic mass is 10.0. The van der Waals surface area contributed by atoms with Crippen molar-refractivity contribution in [1.29, 1.82) is 0 Å². The topological polar surface area (TPSA) is 73.3 Å². The molecular formula is C28H46N4O. The van der Waals surface area contributed by atoms with Crippen LogP contribution in [-0.4, -0.2) is 20.2 Å². The van der Waals surface area contributed by atoms with Gasteiger partial charge in [0.25, 0.3) is 0 Å². The molecule has 3 aromatic heterocycles. The average Bonchev–Trinajstić information content (AvgIpc) is 3.15. The van der Waals surface area contributed by atoms with Crippen LogP contribution in [0.4, 0.5) is 5.82 Å². The van der Waals surface area contributed by atoms with Gasteiger partial charge in [-0.05, 0) is 102 Å². The summed E-state index contributed by atoms with van der Waals surface area (Å²) in [4.78, 5) is 19.1. The number of nitrogen functional groups attached to an aromatic ring is 1. The highest BCUT2D eigenvalue weighted by atomic mass is 16.1. The number of fused-ring (bicyclic) bond motifs is 1. The third kappa shape index (κ3) is 6.21. The minimum Gasteiger partial charge on any atom is -0.383 e. The number of hydrogen-bond acceptors (Lipinski definition) is 4. The van der Waals surface area contributed by atoms with E-state index in [2.05, 4.69) is 64.8 Å². The summed E-state index contributed by atoms with van der Waals surface area (Å²) in [7, 11) is 0. The number of nitrogens with zero attached hydrogens (tertiary/aromatic N) is 3. The number of aromatic nitrogens is 3. The fraction of sp³-hybridized carbons (Fsp3) is 0.536. The van der Waals surface area contributed by atoms with Crippen molar-refractivity contribution in [2.24, 2.45) is 0 Å². The van der Waals surface area contributed by atoms with Crippen LogP contribution in [0.25, 0.3) is 5.65 Å². The van der Waals surface area contributed by atoms with Gasteiger partial charge in [0, 0.05) is 31.4 Å². The van der Waals surface area contributed by atoms with Gasteiger partial charge in [-0.15, -0.1) is 0 Å². The summed E-state index contributed by atoms with van der Waals surface area (Å²) < 4.78 is 2.30. The number of Topliss-reactive ketones (excluding diaryl/α,β-unsaturated/α-hetero) is 1. The lowest BCUT2D eigenvalue weighted by Crippen LogP contribution is -2.02. The highest BCUT2D eigenvalue weighted by Gasteiger charge is 2.14. The third-order valence-corrected chi connectivity index (χ3v) is 7.01. The minimum atomic E-state index is 0. The van der Waals surface area contributed by atoms with Gasteiger partial charge in [-0.3, -0.25) is 4.79 Å². The molecular weight excluding hydrogens is 408 g/mol. The molecule has 2 N–H and O–H groups in total. The molecule has 184 valence electrons. The van der Waals surface area contributed by atoms with E-state index in [0.717, 1.165) is 23.3 Å². The van der Waals surface area contributed by atoms with E-state index in [1.165, 1.54) is 44.9 Å². The highest BCUT2D eigenvalue weighted by molar-refractivity contribution is 5.77. The van der Waals surface area contributed by atoms with Gasteiger partial charge in [-0.25, -0.2) is 9.97 Å².